The average Bonchev–Trinajstić information content (AvgIpc) is 2.82. The molecule has 1 N–H and O–H groups in total. The summed E-state index contributed by atoms with van der Waals surface area (Å²) in [4.78, 5) is 13.9. The van der Waals surface area contributed by atoms with E-state index in [2.05, 4.69) is 5.32 Å². The molecule has 1 aliphatic heterocycles. The number of fused-ring (bicyclic) bond motifs is 1. The number of methoxy groups -OCH3 is 2. The Bertz CT molecular complexity index is 1130. The van der Waals surface area contributed by atoms with E-state index in [1.54, 1.807) is 43.5 Å². The van der Waals surface area contributed by atoms with Gasteiger partial charge in [-0.2, -0.15) is 13.2 Å². The zero-order valence-electron chi connectivity index (χ0n) is 18.1. The molecule has 4 rings (SSSR count). The van der Waals surface area contributed by atoms with Crippen molar-refractivity contribution in [2.45, 2.75) is 24.7 Å². The number of rotatable bonds is 5. The number of alkyl halides is 3. The summed E-state index contributed by atoms with van der Waals surface area (Å²) in [6.07, 6.45) is -4.76. The molecule has 0 fully saturated rings. The second kappa shape index (κ2) is 9.05. The molecule has 0 radical (unpaired) electrons. The highest BCUT2D eigenvalue weighted by Gasteiger charge is 2.44. The van der Waals surface area contributed by atoms with Crippen LogP contribution in [0.4, 0.5) is 24.5 Å². The SMILES string of the molecule is COc1ccc(N2c3ccccc3C[C@H](NC(=O)C(F)(F)F)[C@H]2c2ccccc2OC)cc1. The number of carbonyl (C=O) groups is 1. The van der Waals surface area contributed by atoms with Crippen molar-refractivity contribution in [3.05, 3.63) is 83.9 Å². The molecule has 0 unspecified atom stereocenters. The van der Waals surface area contributed by atoms with Crippen LogP contribution in [0.25, 0.3) is 0 Å². The van der Waals surface area contributed by atoms with E-state index >= 15 is 0 Å². The molecule has 8 heteroatoms. The lowest BCUT2D eigenvalue weighted by atomic mass is 9.85. The topological polar surface area (TPSA) is 50.8 Å². The van der Waals surface area contributed by atoms with Crippen molar-refractivity contribution in [3.63, 3.8) is 0 Å². The molecule has 0 bridgehead atoms. The van der Waals surface area contributed by atoms with E-state index in [4.69, 9.17) is 9.47 Å². The highest BCUT2D eigenvalue weighted by Crippen LogP contribution is 2.46. The lowest BCUT2D eigenvalue weighted by Gasteiger charge is -2.44. The smallest absolute Gasteiger partial charge is 0.471 e. The molecule has 2 atom stereocenters. The molecule has 1 amide bonds. The van der Waals surface area contributed by atoms with E-state index in [1.165, 1.54) is 7.11 Å². The highest BCUT2D eigenvalue weighted by molar-refractivity contribution is 5.83. The van der Waals surface area contributed by atoms with Gasteiger partial charge in [0.1, 0.15) is 11.5 Å². The number of halogens is 3. The molecule has 0 saturated heterocycles. The summed E-state index contributed by atoms with van der Waals surface area (Å²) in [6.45, 7) is 0. The largest absolute Gasteiger partial charge is 0.497 e. The molecular formula is C25H23F3N2O3. The third kappa shape index (κ3) is 4.46. The highest BCUT2D eigenvalue weighted by atomic mass is 19.4. The fourth-order valence-electron chi connectivity index (χ4n) is 4.29. The minimum atomic E-state index is -4.99. The van der Waals surface area contributed by atoms with Crippen LogP contribution in [-0.4, -0.2) is 32.3 Å². The van der Waals surface area contributed by atoms with Crippen LogP contribution in [0.3, 0.4) is 0 Å². The van der Waals surface area contributed by atoms with Crippen molar-refractivity contribution in [3.8, 4) is 11.5 Å². The van der Waals surface area contributed by atoms with Gasteiger partial charge in [0.25, 0.3) is 0 Å². The molecule has 0 spiro atoms. The van der Waals surface area contributed by atoms with Gasteiger partial charge in [-0.05, 0) is 48.4 Å². The predicted octanol–water partition coefficient (Wildman–Crippen LogP) is 5.19. The van der Waals surface area contributed by atoms with Gasteiger partial charge in [-0.25, -0.2) is 0 Å². The summed E-state index contributed by atoms with van der Waals surface area (Å²) in [7, 11) is 3.07. The van der Waals surface area contributed by atoms with Crippen LogP contribution in [0, 0.1) is 0 Å². The number of ether oxygens (including phenoxy) is 2. The van der Waals surface area contributed by atoms with E-state index in [0.29, 0.717) is 17.1 Å². The first-order chi connectivity index (χ1) is 15.8. The van der Waals surface area contributed by atoms with E-state index in [1.807, 2.05) is 41.3 Å². The molecule has 5 nitrogen and oxygen atoms in total. The molecule has 3 aromatic carbocycles. The Labute approximate surface area is 189 Å². The van der Waals surface area contributed by atoms with Crippen LogP contribution >= 0.6 is 0 Å². The Morgan fingerprint density at radius 1 is 0.939 bits per heavy atom. The number of para-hydroxylation sites is 2. The first-order valence-electron chi connectivity index (χ1n) is 10.3. The molecule has 172 valence electrons. The van der Waals surface area contributed by atoms with Gasteiger partial charge < -0.3 is 19.7 Å². The predicted molar refractivity (Wildman–Crippen MR) is 119 cm³/mol. The number of nitrogens with zero attached hydrogens (tertiary/aromatic N) is 1. The zero-order chi connectivity index (χ0) is 23.6. The molecule has 3 aromatic rings. The van der Waals surface area contributed by atoms with Gasteiger partial charge in [0.05, 0.1) is 26.3 Å². The zero-order valence-corrected chi connectivity index (χ0v) is 18.1. The van der Waals surface area contributed by atoms with Gasteiger partial charge in [0, 0.05) is 16.9 Å². The third-order valence-electron chi connectivity index (χ3n) is 5.73. The van der Waals surface area contributed by atoms with Gasteiger partial charge in [-0.15, -0.1) is 0 Å². The lowest BCUT2D eigenvalue weighted by Crippen LogP contribution is -2.52. The summed E-state index contributed by atoms with van der Waals surface area (Å²) in [5.41, 5.74) is 3.07. The quantitative estimate of drug-likeness (QED) is 0.575. The van der Waals surface area contributed by atoms with Crippen LogP contribution in [0.1, 0.15) is 17.2 Å². The second-order valence-electron chi connectivity index (χ2n) is 7.67. The molecular weight excluding hydrogens is 433 g/mol. The van der Waals surface area contributed by atoms with E-state index < -0.39 is 24.2 Å². The van der Waals surface area contributed by atoms with Gasteiger partial charge in [-0.1, -0.05) is 36.4 Å². The first kappa shape index (κ1) is 22.5. The molecule has 1 aliphatic rings. The average molecular weight is 456 g/mol. The van der Waals surface area contributed by atoms with Crippen LogP contribution in [0.2, 0.25) is 0 Å². The molecule has 0 saturated carbocycles. The van der Waals surface area contributed by atoms with Crippen LogP contribution < -0.4 is 19.7 Å². The molecule has 0 aliphatic carbocycles. The van der Waals surface area contributed by atoms with E-state index in [0.717, 1.165) is 16.9 Å². The summed E-state index contributed by atoms with van der Waals surface area (Å²) in [5.74, 6) is -0.798. The Kier molecular flexibility index (Phi) is 6.18. The Morgan fingerprint density at radius 2 is 1.61 bits per heavy atom. The van der Waals surface area contributed by atoms with Crippen LogP contribution in [0.5, 0.6) is 11.5 Å². The standard InChI is InChI=1S/C25H23F3N2O3/c1-32-18-13-11-17(12-14-18)30-21-9-5-3-7-16(21)15-20(29-24(31)25(26,27)28)23(30)19-8-4-6-10-22(19)33-2/h3-14,20,23H,15H2,1-2H3,(H,29,31)/t20-,23+/m0/s1. The van der Waals surface area contributed by atoms with Crippen molar-refractivity contribution >= 4 is 17.3 Å². The van der Waals surface area contributed by atoms with E-state index in [9.17, 15) is 18.0 Å². The monoisotopic (exact) mass is 456 g/mol. The summed E-state index contributed by atoms with van der Waals surface area (Å²) in [6, 6.07) is 20.4. The van der Waals surface area contributed by atoms with Crippen LogP contribution in [-0.2, 0) is 11.2 Å². The summed E-state index contributed by atoms with van der Waals surface area (Å²) in [5, 5.41) is 2.24. The fraction of sp³-hybridized carbons (Fsp3) is 0.240. The number of anilines is 2. The Morgan fingerprint density at radius 3 is 2.27 bits per heavy atom. The van der Waals surface area contributed by atoms with Crippen molar-refractivity contribution in [1.29, 1.82) is 0 Å². The second-order valence-corrected chi connectivity index (χ2v) is 7.67. The summed E-state index contributed by atoms with van der Waals surface area (Å²) >= 11 is 0. The number of benzene rings is 3. The third-order valence-corrected chi connectivity index (χ3v) is 5.73. The van der Waals surface area contributed by atoms with E-state index in [-0.39, 0.29) is 6.42 Å². The van der Waals surface area contributed by atoms with Crippen LogP contribution in [0.15, 0.2) is 72.8 Å². The number of amides is 1. The van der Waals surface area contributed by atoms with Gasteiger partial charge >= 0.3 is 12.1 Å². The van der Waals surface area contributed by atoms with Crippen molar-refractivity contribution in [2.24, 2.45) is 0 Å². The lowest BCUT2D eigenvalue weighted by molar-refractivity contribution is -0.174. The minimum absolute atomic E-state index is 0.230. The maximum atomic E-state index is 13.2. The van der Waals surface area contributed by atoms with Crippen molar-refractivity contribution in [1.82, 2.24) is 5.32 Å². The fourth-order valence-corrected chi connectivity index (χ4v) is 4.29. The number of carbonyl (C=O) groups excluding carboxylic acids is 1. The maximum absolute atomic E-state index is 13.2. The number of nitrogens with one attached hydrogen (secondary N) is 1. The number of hydrogen-bond donors (Lipinski definition) is 1. The van der Waals surface area contributed by atoms with Gasteiger partial charge in [-0.3, -0.25) is 4.79 Å². The number of hydrogen-bond acceptors (Lipinski definition) is 4. The molecule has 1 heterocycles. The van der Waals surface area contributed by atoms with Crippen molar-refractivity contribution < 1.29 is 27.4 Å². The normalized spacial score (nSPS) is 17.8. The summed E-state index contributed by atoms with van der Waals surface area (Å²) < 4.78 is 50.5. The van der Waals surface area contributed by atoms with Gasteiger partial charge in [0.15, 0.2) is 0 Å². The Balaban J connectivity index is 1.91. The van der Waals surface area contributed by atoms with Crippen molar-refractivity contribution in [2.75, 3.05) is 19.1 Å². The van der Waals surface area contributed by atoms with Gasteiger partial charge in [0.2, 0.25) is 0 Å². The Hall–Kier alpha value is -3.68. The first-order valence-corrected chi connectivity index (χ1v) is 10.3. The minimum Gasteiger partial charge on any atom is -0.497 e. The molecule has 0 aromatic heterocycles. The molecule has 33 heavy (non-hydrogen) atoms. The maximum Gasteiger partial charge on any atom is 0.471 e.